The zero-order valence-corrected chi connectivity index (χ0v) is 18.7. The van der Waals surface area contributed by atoms with Gasteiger partial charge in [0.1, 0.15) is 0 Å². The summed E-state index contributed by atoms with van der Waals surface area (Å²) < 4.78 is 0. The molecule has 2 aromatic rings. The number of amides is 1. The number of allylic oxidation sites excluding steroid dienone is 4. The van der Waals surface area contributed by atoms with Crippen LogP contribution in [0.2, 0.25) is 0 Å². The van der Waals surface area contributed by atoms with Gasteiger partial charge in [0.05, 0.1) is 27.7 Å². The fourth-order valence-electron chi connectivity index (χ4n) is 4.43. The molecule has 0 bridgehead atoms. The molecule has 0 fully saturated rings. The average molecular weight is 428 g/mol. The van der Waals surface area contributed by atoms with E-state index in [-0.39, 0.29) is 5.91 Å². The number of rotatable bonds is 3. The van der Waals surface area contributed by atoms with Gasteiger partial charge in [0.2, 0.25) is 0 Å². The van der Waals surface area contributed by atoms with Gasteiger partial charge in [-0.2, -0.15) is 10.1 Å². The van der Waals surface area contributed by atoms with E-state index >= 15 is 0 Å². The maximum absolute atomic E-state index is 13.2. The van der Waals surface area contributed by atoms with Crippen molar-refractivity contribution in [1.82, 2.24) is 0 Å². The van der Waals surface area contributed by atoms with Crippen molar-refractivity contribution in [3.63, 3.8) is 0 Å². The Morgan fingerprint density at radius 2 is 1.84 bits per heavy atom. The van der Waals surface area contributed by atoms with Crippen LogP contribution in [0.4, 0.5) is 11.4 Å². The van der Waals surface area contributed by atoms with Gasteiger partial charge in [0.25, 0.3) is 5.91 Å². The third-order valence-electron chi connectivity index (χ3n) is 5.87. The Hall–Kier alpha value is -3.05. The number of carbonyl (C=O) groups is 1. The minimum Gasteiger partial charge on any atom is -0.335 e. The molecule has 0 atom stereocenters. The molecular formula is C26H25N3OS. The van der Waals surface area contributed by atoms with Crippen LogP contribution in [0.5, 0.6) is 0 Å². The molecule has 0 radical (unpaired) electrons. The summed E-state index contributed by atoms with van der Waals surface area (Å²) in [7, 11) is 0. The van der Waals surface area contributed by atoms with Crippen molar-refractivity contribution in [3.05, 3.63) is 88.5 Å². The Labute approximate surface area is 187 Å². The van der Waals surface area contributed by atoms with E-state index in [1.807, 2.05) is 49.0 Å². The fourth-order valence-corrected chi connectivity index (χ4v) is 5.63. The molecule has 2 aliphatic heterocycles. The van der Waals surface area contributed by atoms with Crippen molar-refractivity contribution in [3.8, 4) is 0 Å². The number of anilines is 2. The van der Waals surface area contributed by atoms with Crippen LogP contribution in [0.3, 0.4) is 0 Å². The van der Waals surface area contributed by atoms with Gasteiger partial charge in [0.15, 0.2) is 0 Å². The average Bonchev–Trinajstić information content (AvgIpc) is 3.30. The van der Waals surface area contributed by atoms with E-state index in [2.05, 4.69) is 53.3 Å². The number of carbonyl (C=O) groups excluding carboxylic acids is 1. The molecule has 0 aromatic heterocycles. The first-order valence-electron chi connectivity index (χ1n) is 10.8. The lowest BCUT2D eigenvalue weighted by atomic mass is 9.90. The normalized spacial score (nSPS) is 22.1. The second-order valence-corrected chi connectivity index (χ2v) is 8.97. The van der Waals surface area contributed by atoms with E-state index in [9.17, 15) is 4.79 Å². The summed E-state index contributed by atoms with van der Waals surface area (Å²) in [6, 6.07) is 18.2. The number of para-hydroxylation sites is 2. The van der Waals surface area contributed by atoms with Crippen LogP contribution in [-0.2, 0) is 4.79 Å². The summed E-state index contributed by atoms with van der Waals surface area (Å²) in [6.45, 7) is 5.06. The quantitative estimate of drug-likeness (QED) is 0.540. The summed E-state index contributed by atoms with van der Waals surface area (Å²) in [5, 5.41) is 7.35. The van der Waals surface area contributed by atoms with Gasteiger partial charge in [-0.05, 0) is 74.6 Å². The highest BCUT2D eigenvalue weighted by Crippen LogP contribution is 2.46. The van der Waals surface area contributed by atoms with Crippen molar-refractivity contribution in [2.45, 2.75) is 38.0 Å². The molecule has 31 heavy (non-hydrogen) atoms. The molecule has 2 aromatic carbocycles. The third-order valence-corrected chi connectivity index (χ3v) is 6.99. The minimum absolute atomic E-state index is 0.0262. The Kier molecular flexibility index (Phi) is 5.28. The number of hydrogen-bond acceptors (Lipinski definition) is 4. The van der Waals surface area contributed by atoms with Gasteiger partial charge in [0, 0.05) is 11.4 Å². The van der Waals surface area contributed by atoms with Gasteiger partial charge < -0.3 is 4.90 Å². The van der Waals surface area contributed by atoms with Crippen molar-refractivity contribution < 1.29 is 4.79 Å². The Bertz CT molecular complexity index is 1160. The Morgan fingerprint density at radius 1 is 1.06 bits per heavy atom. The van der Waals surface area contributed by atoms with Gasteiger partial charge in [-0.15, -0.1) is 0 Å². The number of hydrogen-bond donors (Lipinski definition) is 0. The number of nitrogens with zero attached hydrogens (tertiary/aromatic N) is 3. The minimum atomic E-state index is -0.0262. The van der Waals surface area contributed by atoms with Gasteiger partial charge >= 0.3 is 0 Å². The van der Waals surface area contributed by atoms with Crippen LogP contribution >= 0.6 is 11.8 Å². The van der Waals surface area contributed by atoms with E-state index in [0.717, 1.165) is 48.4 Å². The van der Waals surface area contributed by atoms with Crippen LogP contribution < -0.4 is 9.91 Å². The second kappa shape index (κ2) is 8.23. The molecule has 4 nitrogen and oxygen atoms in total. The first kappa shape index (κ1) is 19.9. The molecule has 1 amide bonds. The summed E-state index contributed by atoms with van der Waals surface area (Å²) in [5.74, 6) is -0.0262. The third kappa shape index (κ3) is 3.63. The molecule has 5 rings (SSSR count). The van der Waals surface area contributed by atoms with Crippen LogP contribution in [0.25, 0.3) is 0 Å². The van der Waals surface area contributed by atoms with Crippen molar-refractivity contribution in [1.29, 1.82) is 0 Å². The first-order chi connectivity index (χ1) is 15.2. The molecular weight excluding hydrogens is 402 g/mol. The standard InChI is InChI=1S/C26H25N3OS/c1-3-28-22-14-7-8-15-23(22)31-24(28)17-19-10-9-11-20(16-19)25-18(2)27-29(26(25)30)21-12-5-4-6-13-21/h4-8,12-17H,3,9-11H2,1-2H3/b24-17+,25-20+. The van der Waals surface area contributed by atoms with Crippen LogP contribution in [0, 0.1) is 0 Å². The lowest BCUT2D eigenvalue weighted by Crippen LogP contribution is -2.22. The van der Waals surface area contributed by atoms with Gasteiger partial charge in [-0.25, -0.2) is 0 Å². The molecule has 0 N–H and O–H groups in total. The Morgan fingerprint density at radius 3 is 2.65 bits per heavy atom. The molecule has 0 unspecified atom stereocenters. The van der Waals surface area contributed by atoms with Crippen molar-refractivity contribution >= 4 is 34.8 Å². The van der Waals surface area contributed by atoms with Crippen LogP contribution in [0.1, 0.15) is 33.1 Å². The number of fused-ring (bicyclic) bond motifs is 1. The molecule has 0 saturated carbocycles. The maximum atomic E-state index is 13.2. The molecule has 0 spiro atoms. The first-order valence-corrected chi connectivity index (χ1v) is 11.6. The van der Waals surface area contributed by atoms with Gasteiger partial charge in [-0.3, -0.25) is 4.79 Å². The zero-order chi connectivity index (χ0) is 21.4. The highest BCUT2D eigenvalue weighted by molar-refractivity contribution is 8.03. The summed E-state index contributed by atoms with van der Waals surface area (Å²) in [5.41, 5.74) is 6.03. The van der Waals surface area contributed by atoms with Crippen LogP contribution in [-0.4, -0.2) is 18.2 Å². The lowest BCUT2D eigenvalue weighted by Gasteiger charge is -2.20. The topological polar surface area (TPSA) is 35.9 Å². The van der Waals surface area contributed by atoms with Crippen LogP contribution in [0.15, 0.2) is 98.5 Å². The Balaban J connectivity index is 1.47. The molecule has 5 heteroatoms. The van der Waals surface area contributed by atoms with Crippen molar-refractivity contribution in [2.24, 2.45) is 5.10 Å². The fraction of sp³-hybridized carbons (Fsp3) is 0.231. The van der Waals surface area contributed by atoms with Gasteiger partial charge in [-0.1, -0.05) is 48.2 Å². The lowest BCUT2D eigenvalue weighted by molar-refractivity contribution is -0.114. The molecule has 3 aliphatic rings. The largest absolute Gasteiger partial charge is 0.335 e. The molecule has 156 valence electrons. The van der Waals surface area contributed by atoms with Crippen molar-refractivity contribution in [2.75, 3.05) is 16.5 Å². The predicted octanol–water partition coefficient (Wildman–Crippen LogP) is 6.29. The van der Waals surface area contributed by atoms with E-state index < -0.39 is 0 Å². The summed E-state index contributed by atoms with van der Waals surface area (Å²) in [6.07, 6.45) is 7.50. The highest BCUT2D eigenvalue weighted by Gasteiger charge is 2.31. The summed E-state index contributed by atoms with van der Waals surface area (Å²) in [4.78, 5) is 16.9. The van der Waals surface area contributed by atoms with E-state index in [1.54, 1.807) is 0 Å². The second-order valence-electron chi connectivity index (χ2n) is 7.91. The van der Waals surface area contributed by atoms with E-state index in [4.69, 9.17) is 0 Å². The number of hydrazone groups is 1. The van der Waals surface area contributed by atoms with E-state index in [1.165, 1.54) is 26.2 Å². The highest BCUT2D eigenvalue weighted by atomic mass is 32.2. The number of thioether (sulfide) groups is 1. The zero-order valence-electron chi connectivity index (χ0n) is 17.8. The molecule has 1 aliphatic carbocycles. The summed E-state index contributed by atoms with van der Waals surface area (Å²) >= 11 is 1.83. The SMILES string of the molecule is CCN1/C(=C\C2=CC(=C3/C(=O)N(c4ccccc4)N=C3C)/CCC2)Sc2ccccc21. The molecule has 2 heterocycles. The predicted molar refractivity (Wildman–Crippen MR) is 129 cm³/mol. The monoisotopic (exact) mass is 427 g/mol. The smallest absolute Gasteiger partial charge is 0.280 e. The van der Waals surface area contributed by atoms with E-state index in [0.29, 0.717) is 0 Å². The maximum Gasteiger partial charge on any atom is 0.280 e. The molecule has 0 saturated heterocycles. The number of benzene rings is 2.